The lowest BCUT2D eigenvalue weighted by molar-refractivity contribution is -0.141. The van der Waals surface area contributed by atoms with Gasteiger partial charge >= 0.3 is 12.1 Å². The fourth-order valence-electron chi connectivity index (χ4n) is 1.23. The molecule has 114 valence electrons. The number of carbonyl (C=O) groups excluding carboxylic acids is 1. The van der Waals surface area contributed by atoms with E-state index >= 15 is 0 Å². The van der Waals surface area contributed by atoms with Gasteiger partial charge in [0, 0.05) is 6.61 Å². The van der Waals surface area contributed by atoms with Gasteiger partial charge in [-0.1, -0.05) is 36.3 Å². The fraction of sp³-hybridized carbons (Fsp3) is 0.636. The lowest BCUT2D eigenvalue weighted by Crippen LogP contribution is -2.15. The summed E-state index contributed by atoms with van der Waals surface area (Å²) < 4.78 is 47.3. The molecule has 1 aromatic heterocycles. The van der Waals surface area contributed by atoms with Crippen molar-refractivity contribution < 1.29 is 27.4 Å². The summed E-state index contributed by atoms with van der Waals surface area (Å²) in [6.07, 6.45) is -2.90. The molecule has 0 fully saturated rings. The minimum absolute atomic E-state index is 0.116. The summed E-state index contributed by atoms with van der Waals surface area (Å²) in [6.45, 7) is 2.54. The van der Waals surface area contributed by atoms with Gasteiger partial charge in [-0.15, -0.1) is 0 Å². The maximum atomic E-state index is 12.6. The van der Waals surface area contributed by atoms with Gasteiger partial charge in [0.2, 0.25) is 0 Å². The summed E-state index contributed by atoms with van der Waals surface area (Å²) in [5.74, 6) is -1.10. The Labute approximate surface area is 122 Å². The first-order chi connectivity index (χ1) is 9.36. The van der Waals surface area contributed by atoms with E-state index in [0.29, 0.717) is 17.9 Å². The van der Waals surface area contributed by atoms with E-state index in [2.05, 4.69) is 4.98 Å². The minimum Gasteiger partial charge on any atom is -0.459 e. The largest absolute Gasteiger partial charge is 0.459 e. The summed E-state index contributed by atoms with van der Waals surface area (Å²) in [4.78, 5) is 14.0. The number of halogens is 4. The van der Waals surface area contributed by atoms with Crippen molar-refractivity contribution in [3.8, 4) is 0 Å². The number of carbonyl (C=O) groups is 1. The van der Waals surface area contributed by atoms with Crippen molar-refractivity contribution in [2.75, 3.05) is 19.8 Å². The molecule has 0 saturated carbocycles. The summed E-state index contributed by atoms with van der Waals surface area (Å²) in [7, 11) is 0. The number of aromatic nitrogens is 1. The lowest BCUT2D eigenvalue weighted by atomic mass is 10.3. The number of thiazole rings is 1. The molecule has 4 nitrogen and oxygen atoms in total. The standard InChI is InChI=1S/C11H13ClF3NO3S/c1-2-3-4-18-5-6-19-9(17)7-8(11(13,14)15)16-10(12)20-7/h2-6H2,1H3. The average Bonchev–Trinajstić information content (AvgIpc) is 2.75. The van der Waals surface area contributed by atoms with Crippen LogP contribution in [0.25, 0.3) is 0 Å². The van der Waals surface area contributed by atoms with Crippen LogP contribution in [0.4, 0.5) is 13.2 Å². The molecule has 20 heavy (non-hydrogen) atoms. The molecule has 0 unspecified atom stereocenters. The van der Waals surface area contributed by atoms with E-state index in [1.807, 2.05) is 6.92 Å². The van der Waals surface area contributed by atoms with Gasteiger partial charge < -0.3 is 9.47 Å². The van der Waals surface area contributed by atoms with Crippen LogP contribution in [0.5, 0.6) is 0 Å². The van der Waals surface area contributed by atoms with Crippen LogP contribution >= 0.6 is 22.9 Å². The van der Waals surface area contributed by atoms with Crippen molar-refractivity contribution in [2.45, 2.75) is 25.9 Å². The third-order valence-electron chi connectivity index (χ3n) is 2.16. The van der Waals surface area contributed by atoms with Gasteiger partial charge in [-0.3, -0.25) is 0 Å². The number of esters is 1. The molecule has 0 N–H and O–H groups in total. The first kappa shape index (κ1) is 17.2. The lowest BCUT2D eigenvalue weighted by Gasteiger charge is -2.07. The zero-order chi connectivity index (χ0) is 15.2. The first-order valence-corrected chi connectivity index (χ1v) is 7.04. The van der Waals surface area contributed by atoms with E-state index in [1.165, 1.54) is 0 Å². The normalized spacial score (nSPS) is 11.7. The van der Waals surface area contributed by atoms with E-state index < -0.39 is 22.7 Å². The Bertz CT molecular complexity index is 451. The predicted octanol–water partition coefficient (Wildman–Crippen LogP) is 3.79. The highest BCUT2D eigenvalue weighted by molar-refractivity contribution is 7.17. The molecule has 0 atom stereocenters. The zero-order valence-electron chi connectivity index (χ0n) is 10.6. The molecule has 1 heterocycles. The number of rotatable bonds is 7. The van der Waals surface area contributed by atoms with Gasteiger partial charge in [0.1, 0.15) is 11.5 Å². The van der Waals surface area contributed by atoms with Crippen molar-refractivity contribution >= 4 is 28.9 Å². The van der Waals surface area contributed by atoms with Crippen molar-refractivity contribution in [3.05, 3.63) is 15.0 Å². The molecule has 0 bridgehead atoms. The summed E-state index contributed by atoms with van der Waals surface area (Å²) in [6, 6.07) is 0. The Hall–Kier alpha value is -0.860. The number of alkyl halides is 3. The van der Waals surface area contributed by atoms with Crippen LogP contribution in [0.3, 0.4) is 0 Å². The Balaban J connectivity index is 2.52. The first-order valence-electron chi connectivity index (χ1n) is 5.84. The molecule has 0 aromatic carbocycles. The third-order valence-corrected chi connectivity index (χ3v) is 3.30. The van der Waals surface area contributed by atoms with E-state index in [4.69, 9.17) is 21.1 Å². The Morgan fingerprint density at radius 2 is 2.05 bits per heavy atom. The summed E-state index contributed by atoms with van der Waals surface area (Å²) in [5.41, 5.74) is -1.32. The molecule has 0 amide bonds. The van der Waals surface area contributed by atoms with Crippen molar-refractivity contribution in [1.29, 1.82) is 0 Å². The van der Waals surface area contributed by atoms with Gasteiger partial charge in [-0.05, 0) is 6.42 Å². The molecular weight excluding hydrogens is 319 g/mol. The quantitative estimate of drug-likeness (QED) is 0.563. The van der Waals surface area contributed by atoms with Gasteiger partial charge in [-0.2, -0.15) is 13.2 Å². The number of ether oxygens (including phenoxy) is 2. The third kappa shape index (κ3) is 5.26. The zero-order valence-corrected chi connectivity index (χ0v) is 12.2. The Kier molecular flexibility index (Phi) is 6.70. The highest BCUT2D eigenvalue weighted by Gasteiger charge is 2.40. The van der Waals surface area contributed by atoms with Gasteiger partial charge in [0.25, 0.3) is 0 Å². The van der Waals surface area contributed by atoms with Gasteiger partial charge in [0.15, 0.2) is 10.2 Å². The van der Waals surface area contributed by atoms with E-state index in [-0.39, 0.29) is 17.7 Å². The van der Waals surface area contributed by atoms with Crippen LogP contribution in [-0.4, -0.2) is 30.8 Å². The minimum atomic E-state index is -4.74. The number of unbranched alkanes of at least 4 members (excludes halogenated alkanes) is 1. The molecular formula is C11H13ClF3NO3S. The van der Waals surface area contributed by atoms with Gasteiger partial charge in [0.05, 0.1) is 6.61 Å². The average molecular weight is 332 g/mol. The molecule has 1 rings (SSSR count). The number of nitrogens with zero attached hydrogens (tertiary/aromatic N) is 1. The number of hydrogen-bond donors (Lipinski definition) is 0. The second kappa shape index (κ2) is 7.80. The van der Waals surface area contributed by atoms with Crippen molar-refractivity contribution in [1.82, 2.24) is 4.98 Å². The molecule has 9 heteroatoms. The SMILES string of the molecule is CCCCOCCOC(=O)c1sc(Cl)nc1C(F)(F)F. The van der Waals surface area contributed by atoms with Crippen LogP contribution in [0, 0.1) is 0 Å². The summed E-state index contributed by atoms with van der Waals surface area (Å²) >= 11 is 5.85. The highest BCUT2D eigenvalue weighted by atomic mass is 35.5. The molecule has 0 saturated heterocycles. The highest BCUT2D eigenvalue weighted by Crippen LogP contribution is 2.36. The molecule has 0 aliphatic rings. The Morgan fingerprint density at radius 3 is 2.65 bits per heavy atom. The van der Waals surface area contributed by atoms with Crippen LogP contribution in [-0.2, 0) is 15.7 Å². The molecule has 0 radical (unpaired) electrons. The van der Waals surface area contributed by atoms with Gasteiger partial charge in [-0.25, -0.2) is 9.78 Å². The summed E-state index contributed by atoms with van der Waals surface area (Å²) in [5, 5.41) is 0. The molecule has 1 aromatic rings. The van der Waals surface area contributed by atoms with Crippen LogP contribution in [0.1, 0.15) is 35.1 Å². The second-order valence-corrected chi connectivity index (χ2v) is 5.33. The number of hydrogen-bond acceptors (Lipinski definition) is 5. The predicted molar refractivity (Wildman–Crippen MR) is 68.1 cm³/mol. The fourth-order valence-corrected chi connectivity index (χ4v) is 2.25. The second-order valence-electron chi connectivity index (χ2n) is 3.74. The smallest absolute Gasteiger partial charge is 0.435 e. The van der Waals surface area contributed by atoms with E-state index in [9.17, 15) is 18.0 Å². The Morgan fingerprint density at radius 1 is 1.35 bits per heavy atom. The maximum Gasteiger partial charge on any atom is 0.435 e. The topological polar surface area (TPSA) is 48.4 Å². The molecule has 0 spiro atoms. The monoisotopic (exact) mass is 331 g/mol. The molecule has 0 aliphatic heterocycles. The van der Waals surface area contributed by atoms with E-state index in [1.54, 1.807) is 0 Å². The van der Waals surface area contributed by atoms with E-state index in [0.717, 1.165) is 12.8 Å². The van der Waals surface area contributed by atoms with Crippen LogP contribution in [0.2, 0.25) is 4.47 Å². The van der Waals surface area contributed by atoms with Crippen LogP contribution < -0.4 is 0 Å². The van der Waals surface area contributed by atoms with Crippen molar-refractivity contribution in [3.63, 3.8) is 0 Å². The van der Waals surface area contributed by atoms with Crippen LogP contribution in [0.15, 0.2) is 0 Å². The molecule has 0 aliphatic carbocycles. The maximum absolute atomic E-state index is 12.6. The van der Waals surface area contributed by atoms with Crippen molar-refractivity contribution in [2.24, 2.45) is 0 Å².